The van der Waals surface area contributed by atoms with Crippen LogP contribution in [0.5, 0.6) is 0 Å². The highest BCUT2D eigenvalue weighted by atomic mass is 19.1. The van der Waals surface area contributed by atoms with E-state index in [1.54, 1.807) is 18.2 Å². The molecule has 3 aromatic carbocycles. The smallest absolute Gasteiger partial charge is 0.270 e. The van der Waals surface area contributed by atoms with Crippen molar-refractivity contribution in [2.45, 2.75) is 57.5 Å². The Kier molecular flexibility index (Phi) is 9.09. The van der Waals surface area contributed by atoms with Crippen molar-refractivity contribution in [1.29, 1.82) is 0 Å². The molecule has 1 aliphatic rings. The van der Waals surface area contributed by atoms with Gasteiger partial charge in [0, 0.05) is 67.2 Å². The van der Waals surface area contributed by atoms with Gasteiger partial charge in [-0.15, -0.1) is 0 Å². The summed E-state index contributed by atoms with van der Waals surface area (Å²) in [6.07, 6.45) is 6.66. The topological polar surface area (TPSA) is 80.4 Å². The third kappa shape index (κ3) is 7.00. The molecule has 2 atom stereocenters. The third-order valence-corrected chi connectivity index (χ3v) is 8.20. The van der Waals surface area contributed by atoms with Crippen molar-refractivity contribution < 1.29 is 14.1 Å². The quantitative estimate of drug-likeness (QED) is 0.128. The second kappa shape index (κ2) is 13.1. The SMILES string of the molecule is C[C@H]1CCCCN1CCCNC(=O)C[C@@H](c1cccc(F)c1)c1cn(Cc2ccccc2)c2ccc([N+](=O)[O-])cc12. The normalized spacial score (nSPS) is 16.5. The number of nitrogens with zero attached hydrogens (tertiary/aromatic N) is 3. The maximum Gasteiger partial charge on any atom is 0.270 e. The number of fused-ring (bicyclic) bond motifs is 1. The molecule has 0 unspecified atom stereocenters. The molecular weight excluding hydrogens is 519 g/mol. The van der Waals surface area contributed by atoms with E-state index in [0.717, 1.165) is 36.2 Å². The number of nitrogens with one attached hydrogen (secondary N) is 1. The zero-order valence-electron chi connectivity index (χ0n) is 23.5. The molecule has 4 aromatic rings. The molecule has 0 saturated carbocycles. The summed E-state index contributed by atoms with van der Waals surface area (Å²) >= 11 is 0. The van der Waals surface area contributed by atoms with Gasteiger partial charge >= 0.3 is 0 Å². The number of hydrogen-bond acceptors (Lipinski definition) is 4. The lowest BCUT2D eigenvalue weighted by Crippen LogP contribution is -2.39. The Morgan fingerprint density at radius 2 is 1.93 bits per heavy atom. The fraction of sp³-hybridized carbons (Fsp3) is 0.364. The number of rotatable bonds is 11. The van der Waals surface area contributed by atoms with Gasteiger partial charge in [0.15, 0.2) is 0 Å². The highest BCUT2D eigenvalue weighted by Gasteiger charge is 2.25. The van der Waals surface area contributed by atoms with Gasteiger partial charge in [-0.05, 0) is 67.6 Å². The third-order valence-electron chi connectivity index (χ3n) is 8.20. The zero-order chi connectivity index (χ0) is 28.8. The van der Waals surface area contributed by atoms with E-state index in [1.807, 2.05) is 47.2 Å². The Morgan fingerprint density at radius 3 is 2.68 bits per heavy atom. The number of carbonyl (C=O) groups is 1. The number of aromatic nitrogens is 1. The van der Waals surface area contributed by atoms with E-state index in [4.69, 9.17) is 0 Å². The summed E-state index contributed by atoms with van der Waals surface area (Å²) < 4.78 is 16.5. The average Bonchev–Trinajstić information content (AvgIpc) is 3.32. The molecule has 1 fully saturated rings. The number of hydrogen-bond donors (Lipinski definition) is 1. The molecule has 0 aliphatic carbocycles. The van der Waals surface area contributed by atoms with E-state index in [0.29, 0.717) is 30.1 Å². The number of likely N-dealkylation sites (tertiary alicyclic amines) is 1. The van der Waals surface area contributed by atoms with Crippen LogP contribution in [0.15, 0.2) is 79.0 Å². The van der Waals surface area contributed by atoms with Gasteiger partial charge in [-0.2, -0.15) is 0 Å². The van der Waals surface area contributed by atoms with Crippen molar-refractivity contribution in [3.8, 4) is 0 Å². The summed E-state index contributed by atoms with van der Waals surface area (Å²) in [5, 5.41) is 15.4. The van der Waals surface area contributed by atoms with Crippen LogP contribution in [0, 0.1) is 15.9 Å². The summed E-state index contributed by atoms with van der Waals surface area (Å²) in [6, 6.07) is 21.6. The molecule has 214 valence electrons. The lowest BCUT2D eigenvalue weighted by atomic mass is 9.88. The molecule has 8 heteroatoms. The van der Waals surface area contributed by atoms with Crippen LogP contribution in [-0.2, 0) is 11.3 Å². The van der Waals surface area contributed by atoms with E-state index in [1.165, 1.54) is 37.5 Å². The van der Waals surface area contributed by atoms with Crippen molar-refractivity contribution in [2.24, 2.45) is 0 Å². The number of nitro benzene ring substituents is 1. The number of benzene rings is 3. The Hall–Kier alpha value is -4.04. The molecule has 1 amide bonds. The Morgan fingerprint density at radius 1 is 1.10 bits per heavy atom. The van der Waals surface area contributed by atoms with E-state index in [-0.39, 0.29) is 23.8 Å². The van der Waals surface area contributed by atoms with E-state index in [9.17, 15) is 19.3 Å². The Bertz CT molecular complexity index is 1500. The van der Waals surface area contributed by atoms with Gasteiger partial charge in [-0.3, -0.25) is 14.9 Å². The van der Waals surface area contributed by atoms with Crippen LogP contribution in [0.2, 0.25) is 0 Å². The standard InChI is InChI=1S/C33H37FN4O3/c1-24-9-5-6-17-36(24)18-8-16-35-33(39)21-29(26-12-7-13-27(34)19-26)31-23-37(22-25-10-3-2-4-11-25)32-15-14-28(38(40)41)20-30(31)32/h2-4,7,10-15,19-20,23-24,29H,5-6,8-9,16-18,21-22H2,1H3,(H,35,39)/t24-,29-/m0/s1. The summed E-state index contributed by atoms with van der Waals surface area (Å²) in [4.78, 5) is 27.0. The molecule has 1 aromatic heterocycles. The van der Waals surface area contributed by atoms with Crippen LogP contribution in [0.25, 0.3) is 10.9 Å². The Balaban J connectivity index is 1.43. The minimum atomic E-state index is -0.477. The summed E-state index contributed by atoms with van der Waals surface area (Å²) in [6.45, 7) is 5.45. The molecule has 0 spiro atoms. The number of carbonyl (C=O) groups excluding carboxylic acids is 1. The van der Waals surface area contributed by atoms with Crippen molar-refractivity contribution in [3.63, 3.8) is 0 Å². The molecule has 0 bridgehead atoms. The molecule has 5 rings (SSSR count). The molecule has 1 saturated heterocycles. The van der Waals surface area contributed by atoms with Gasteiger partial charge in [0.2, 0.25) is 5.91 Å². The fourth-order valence-electron chi connectivity index (χ4n) is 6.00. The van der Waals surface area contributed by atoms with Crippen LogP contribution >= 0.6 is 0 Å². The molecule has 41 heavy (non-hydrogen) atoms. The number of halogens is 1. The molecule has 2 heterocycles. The maximum absolute atomic E-state index is 14.4. The second-order valence-electron chi connectivity index (χ2n) is 11.1. The van der Waals surface area contributed by atoms with Gasteiger partial charge in [-0.25, -0.2) is 4.39 Å². The van der Waals surface area contributed by atoms with Gasteiger partial charge in [0.1, 0.15) is 5.82 Å². The van der Waals surface area contributed by atoms with E-state index < -0.39 is 10.8 Å². The summed E-state index contributed by atoms with van der Waals surface area (Å²) in [7, 11) is 0. The minimum absolute atomic E-state index is 0.0226. The van der Waals surface area contributed by atoms with Crippen LogP contribution in [0.1, 0.15) is 61.6 Å². The van der Waals surface area contributed by atoms with Crippen molar-refractivity contribution in [1.82, 2.24) is 14.8 Å². The molecule has 0 radical (unpaired) electrons. The fourth-order valence-corrected chi connectivity index (χ4v) is 6.00. The highest BCUT2D eigenvalue weighted by molar-refractivity contribution is 5.88. The van der Waals surface area contributed by atoms with Crippen LogP contribution in [0.4, 0.5) is 10.1 Å². The first kappa shape index (κ1) is 28.5. The van der Waals surface area contributed by atoms with Gasteiger partial charge in [0.25, 0.3) is 5.69 Å². The second-order valence-corrected chi connectivity index (χ2v) is 11.1. The lowest BCUT2D eigenvalue weighted by molar-refractivity contribution is -0.384. The summed E-state index contributed by atoms with van der Waals surface area (Å²) in [5.41, 5.74) is 3.31. The van der Waals surface area contributed by atoms with E-state index >= 15 is 0 Å². The van der Waals surface area contributed by atoms with Crippen LogP contribution in [0.3, 0.4) is 0 Å². The molecule has 1 N–H and O–H groups in total. The van der Waals surface area contributed by atoms with Crippen molar-refractivity contribution >= 4 is 22.5 Å². The largest absolute Gasteiger partial charge is 0.356 e. The minimum Gasteiger partial charge on any atom is -0.356 e. The van der Waals surface area contributed by atoms with Crippen LogP contribution < -0.4 is 5.32 Å². The number of piperidine rings is 1. The predicted octanol–water partition coefficient (Wildman–Crippen LogP) is 6.64. The van der Waals surface area contributed by atoms with Gasteiger partial charge < -0.3 is 14.8 Å². The first-order valence-corrected chi connectivity index (χ1v) is 14.5. The van der Waals surface area contributed by atoms with Crippen molar-refractivity contribution in [3.05, 3.63) is 112 Å². The number of nitro groups is 1. The first-order chi connectivity index (χ1) is 19.9. The summed E-state index contributed by atoms with van der Waals surface area (Å²) in [5.74, 6) is -0.989. The highest BCUT2D eigenvalue weighted by Crippen LogP contribution is 2.37. The number of amides is 1. The maximum atomic E-state index is 14.4. The molecule has 1 aliphatic heterocycles. The van der Waals surface area contributed by atoms with E-state index in [2.05, 4.69) is 17.1 Å². The average molecular weight is 557 g/mol. The van der Waals surface area contributed by atoms with Crippen molar-refractivity contribution in [2.75, 3.05) is 19.6 Å². The first-order valence-electron chi connectivity index (χ1n) is 14.5. The van der Waals surface area contributed by atoms with Gasteiger partial charge in [-0.1, -0.05) is 48.9 Å². The molecular formula is C33H37FN4O3. The molecule has 7 nitrogen and oxygen atoms in total. The van der Waals surface area contributed by atoms with Gasteiger partial charge in [0.05, 0.1) is 4.92 Å². The lowest BCUT2D eigenvalue weighted by Gasteiger charge is -2.33. The Labute approximate surface area is 240 Å². The zero-order valence-corrected chi connectivity index (χ0v) is 23.5. The monoisotopic (exact) mass is 556 g/mol. The predicted molar refractivity (Wildman–Crippen MR) is 160 cm³/mol. The van der Waals surface area contributed by atoms with Crippen LogP contribution in [-0.4, -0.2) is 46.0 Å². The number of non-ortho nitro benzene ring substituents is 1.